The lowest BCUT2D eigenvalue weighted by atomic mass is 11.4. The molecule has 0 aromatic carbocycles. The predicted molar refractivity (Wildman–Crippen MR) is 13.7 cm³/mol. The second-order valence-electron chi connectivity index (χ2n) is 0.407. The van der Waals surface area contributed by atoms with Gasteiger partial charge in [0.1, 0.15) is 0 Å². The highest BCUT2D eigenvalue weighted by molar-refractivity contribution is 3.71. The first kappa shape index (κ1) is 3.92. The van der Waals surface area contributed by atoms with E-state index in [1.165, 1.54) is 7.11 Å². The molecule has 0 saturated heterocycles. The lowest BCUT2D eigenvalue weighted by Crippen LogP contribution is -1.76. The van der Waals surface area contributed by atoms with Gasteiger partial charge in [0.05, 0.1) is 0 Å². The molecule has 1 radical (unpaired) electrons. The summed E-state index contributed by atoms with van der Waals surface area (Å²) in [5.74, 6) is 0. The molecule has 0 bridgehead atoms. The van der Waals surface area contributed by atoms with Gasteiger partial charge in [-0.1, -0.05) is 0 Å². The molecule has 0 aromatic heterocycles. The van der Waals surface area contributed by atoms with Crippen LogP contribution in [0.3, 0.4) is 0 Å². The van der Waals surface area contributed by atoms with E-state index < -0.39 is 6.79 Å². The summed E-state index contributed by atoms with van der Waals surface area (Å²) in [6, 6.07) is 0. The van der Waals surface area contributed by atoms with Gasteiger partial charge in [-0.25, -0.2) is 5.11 Å². The van der Waals surface area contributed by atoms with Crippen molar-refractivity contribution in [3.8, 4) is 0 Å². The summed E-state index contributed by atoms with van der Waals surface area (Å²) in [7, 11) is 1.37. The Balaban J connectivity index is 0. The van der Waals surface area contributed by atoms with Gasteiger partial charge >= 0.3 is 1.43 Å². The fourth-order valence-electron chi connectivity index (χ4n) is 0. The van der Waals surface area contributed by atoms with E-state index in [-0.39, 0.29) is 1.43 Å². The van der Waals surface area contributed by atoms with Gasteiger partial charge in [0, 0.05) is 7.11 Å². The van der Waals surface area contributed by atoms with Gasteiger partial charge < -0.3 is 4.74 Å². The molecule has 0 heterocycles. The third kappa shape index (κ3) is 1.92. The summed E-state index contributed by atoms with van der Waals surface area (Å²) in [5, 5.41) is 9.08. The Labute approximate surface area is 26.5 Å². The number of rotatable bonds is 1. The van der Waals surface area contributed by atoms with Crippen molar-refractivity contribution in [2.24, 2.45) is 0 Å². The first-order chi connectivity index (χ1) is 1.91. The molecule has 2 nitrogen and oxygen atoms in total. The van der Waals surface area contributed by atoms with Crippen LogP contribution in [-0.2, 0) is 9.84 Å². The molecular weight excluding hydrogens is 56.0 g/mol. The zero-order valence-electron chi connectivity index (χ0n) is 3.52. The summed E-state index contributed by atoms with van der Waals surface area (Å²) in [6.45, 7) is -0.431. The van der Waals surface area contributed by atoms with Gasteiger partial charge in [0.15, 0.2) is 6.79 Å². The molecule has 0 aliphatic rings. The van der Waals surface area contributed by atoms with E-state index in [2.05, 4.69) is 4.74 Å². The summed E-state index contributed by atoms with van der Waals surface area (Å²) >= 11 is 0. The monoisotopic (exact) mass is 62.0 g/mol. The Morgan fingerprint density at radius 3 is 2.50 bits per heavy atom. The van der Waals surface area contributed by atoms with E-state index in [1.807, 2.05) is 0 Å². The van der Waals surface area contributed by atoms with E-state index in [4.69, 9.17) is 5.11 Å². The normalized spacial score (nSPS) is 7.50. The summed E-state index contributed by atoms with van der Waals surface area (Å²) in [4.78, 5) is 0. The molecule has 0 amide bonds. The molecule has 4 heavy (non-hydrogen) atoms. The second kappa shape index (κ2) is 2.92. The molecule has 0 aliphatic heterocycles. The minimum absolute atomic E-state index is 0. The van der Waals surface area contributed by atoms with Crippen LogP contribution in [0.15, 0.2) is 0 Å². The molecule has 0 atom stereocenters. The molecule has 0 rings (SSSR count). The van der Waals surface area contributed by atoms with Crippen molar-refractivity contribution in [1.82, 2.24) is 0 Å². The minimum atomic E-state index is -0.431. The quantitative estimate of drug-likeness (QED) is 0.397. The average Bonchev–Trinajstić information content (AvgIpc) is 1.37. The van der Waals surface area contributed by atoms with Gasteiger partial charge in [-0.15, -0.1) is 0 Å². The van der Waals surface area contributed by atoms with Crippen molar-refractivity contribution in [1.29, 1.82) is 0 Å². The van der Waals surface area contributed by atoms with Crippen LogP contribution in [-0.4, -0.2) is 13.9 Å². The SMILES string of the molecule is COC[O].[H+]. The van der Waals surface area contributed by atoms with Crippen LogP contribution < -0.4 is 0 Å². The van der Waals surface area contributed by atoms with E-state index in [1.54, 1.807) is 0 Å². The molecule has 0 spiro atoms. The standard InChI is InChI=1S/C2H5O2/c1-4-2-3/h2H2,1H3/p+1. The molecule has 0 aromatic rings. The van der Waals surface area contributed by atoms with Crippen molar-refractivity contribution in [3.05, 3.63) is 0 Å². The van der Waals surface area contributed by atoms with Gasteiger partial charge in [-0.2, -0.15) is 0 Å². The first-order valence-corrected chi connectivity index (χ1v) is 0.986. The van der Waals surface area contributed by atoms with Crippen LogP contribution in [0.4, 0.5) is 0 Å². The third-order valence-corrected chi connectivity index (χ3v) is 0.118. The Morgan fingerprint density at radius 2 is 2.50 bits per heavy atom. The smallest absolute Gasteiger partial charge is 0.355 e. The highest BCUT2D eigenvalue weighted by atomic mass is 16.6. The van der Waals surface area contributed by atoms with Crippen LogP contribution in [0, 0.1) is 0 Å². The minimum Gasteiger partial charge on any atom is -0.355 e. The van der Waals surface area contributed by atoms with E-state index >= 15 is 0 Å². The Hall–Kier alpha value is -0.0800. The Bertz CT molecular complexity index is 9.61. The molecular formula is C2H6O2+. The zero-order chi connectivity index (χ0) is 3.41. The van der Waals surface area contributed by atoms with Crippen LogP contribution in [0.5, 0.6) is 0 Å². The first-order valence-electron chi connectivity index (χ1n) is 0.986. The maximum atomic E-state index is 9.08. The van der Waals surface area contributed by atoms with Crippen LogP contribution in [0.25, 0.3) is 0 Å². The van der Waals surface area contributed by atoms with Crippen molar-refractivity contribution in [2.75, 3.05) is 13.9 Å². The fraction of sp³-hybridized carbons (Fsp3) is 1.00. The van der Waals surface area contributed by atoms with Gasteiger partial charge in [-0.3, -0.25) is 0 Å². The Kier molecular flexibility index (Phi) is 2.86. The molecule has 0 N–H and O–H groups in total. The number of ether oxygens (including phenoxy) is 1. The average molecular weight is 62.1 g/mol. The van der Waals surface area contributed by atoms with Crippen molar-refractivity contribution >= 4 is 0 Å². The van der Waals surface area contributed by atoms with Gasteiger partial charge in [0.2, 0.25) is 0 Å². The third-order valence-electron chi connectivity index (χ3n) is 0.118. The molecule has 2 heteroatoms. The van der Waals surface area contributed by atoms with Crippen molar-refractivity contribution in [3.63, 3.8) is 0 Å². The Morgan fingerprint density at radius 1 is 2.25 bits per heavy atom. The highest BCUT2D eigenvalue weighted by Gasteiger charge is 1.55. The number of hydrogen-bond acceptors (Lipinski definition) is 1. The van der Waals surface area contributed by atoms with Crippen LogP contribution in [0.1, 0.15) is 1.43 Å². The van der Waals surface area contributed by atoms with Crippen molar-refractivity contribution < 1.29 is 11.3 Å². The zero-order valence-corrected chi connectivity index (χ0v) is 2.52. The maximum absolute atomic E-state index is 9.08. The van der Waals surface area contributed by atoms with E-state index in [9.17, 15) is 0 Å². The highest BCUT2D eigenvalue weighted by Crippen LogP contribution is 1.48. The lowest BCUT2D eigenvalue weighted by Gasteiger charge is -1.72. The lowest BCUT2D eigenvalue weighted by molar-refractivity contribution is -0.0165. The molecule has 25 valence electrons. The summed E-state index contributed by atoms with van der Waals surface area (Å²) < 4.78 is 3.99. The summed E-state index contributed by atoms with van der Waals surface area (Å²) in [6.07, 6.45) is 0. The molecule has 0 fully saturated rings. The number of methoxy groups -OCH3 is 1. The molecule has 0 unspecified atom stereocenters. The van der Waals surface area contributed by atoms with Gasteiger partial charge in [0.25, 0.3) is 0 Å². The van der Waals surface area contributed by atoms with Crippen LogP contribution in [0.2, 0.25) is 0 Å². The fourth-order valence-corrected chi connectivity index (χ4v) is 0. The number of hydrogen-bond donors (Lipinski definition) is 0. The van der Waals surface area contributed by atoms with E-state index in [0.29, 0.717) is 0 Å². The maximum Gasteiger partial charge on any atom is 1.00 e. The summed E-state index contributed by atoms with van der Waals surface area (Å²) in [5.41, 5.74) is 0. The topological polar surface area (TPSA) is 29.1 Å². The molecule has 0 aliphatic carbocycles. The second-order valence-corrected chi connectivity index (χ2v) is 0.407. The largest absolute Gasteiger partial charge is 1.00 e. The molecule has 0 saturated carbocycles. The predicted octanol–water partition coefficient (Wildman–Crippen LogP) is 0.133. The van der Waals surface area contributed by atoms with Crippen LogP contribution >= 0.6 is 0 Å². The van der Waals surface area contributed by atoms with Gasteiger partial charge in [-0.05, 0) is 0 Å². The van der Waals surface area contributed by atoms with Crippen molar-refractivity contribution in [2.45, 2.75) is 0 Å². The van der Waals surface area contributed by atoms with E-state index in [0.717, 1.165) is 0 Å².